The van der Waals surface area contributed by atoms with Crippen LogP contribution in [0.2, 0.25) is 0 Å². The number of hydrogen-bond donors (Lipinski definition) is 2. The lowest BCUT2D eigenvalue weighted by Crippen LogP contribution is -2.41. The summed E-state index contributed by atoms with van der Waals surface area (Å²) in [5, 5.41) is 2.78. The average molecular weight is 622 g/mol. The van der Waals surface area contributed by atoms with Crippen molar-refractivity contribution in [2.75, 3.05) is 12.3 Å². The van der Waals surface area contributed by atoms with Crippen molar-refractivity contribution in [3.63, 3.8) is 0 Å². The number of terminal acetylenes is 1. The molecule has 1 radical (unpaired) electrons. The molecule has 44 heavy (non-hydrogen) atoms. The number of imidazole rings is 1. The Morgan fingerprint density at radius 3 is 2.61 bits per heavy atom. The standard InChI is InChI=1S/C30H31FN6O6P/c1-4-30(16-15-24(42-30)37-19-33-25-26(32)34-29(31)35-27(25)37)18-40-44(39,43-22-13-9-6-10-14-22)36-23(28(38)41-20(2)3)17-21-11-7-5-8-12-21/h1,5-14,16,19-20,23-24H,15,17-18H2,2-3H3,(H,36,39)(H2,32,34,35)/t23-,24+,30-,44-/m0/s1. The zero-order chi connectivity index (χ0) is 31.3. The third-order valence-electron chi connectivity index (χ3n) is 6.62. The van der Waals surface area contributed by atoms with Crippen LogP contribution in [0.4, 0.5) is 10.2 Å². The number of esters is 1. The van der Waals surface area contributed by atoms with E-state index < -0.39 is 50.4 Å². The van der Waals surface area contributed by atoms with E-state index in [4.69, 9.17) is 30.7 Å². The zero-order valence-corrected chi connectivity index (χ0v) is 24.9. The molecule has 2 aromatic carbocycles. The second-order valence-corrected chi connectivity index (χ2v) is 12.0. The number of halogens is 1. The number of fused-ring (bicyclic) bond motifs is 1. The van der Waals surface area contributed by atoms with Crippen LogP contribution in [0.1, 0.15) is 32.1 Å². The number of rotatable bonds is 12. The third kappa shape index (κ3) is 7.23. The molecular formula is C30H31FN6O6P. The van der Waals surface area contributed by atoms with Crippen molar-refractivity contribution in [1.29, 1.82) is 0 Å². The van der Waals surface area contributed by atoms with Gasteiger partial charge in [0.1, 0.15) is 18.0 Å². The van der Waals surface area contributed by atoms with Gasteiger partial charge in [-0.25, -0.2) is 9.55 Å². The van der Waals surface area contributed by atoms with Gasteiger partial charge in [-0.05, 0) is 44.4 Å². The van der Waals surface area contributed by atoms with Gasteiger partial charge in [0.05, 0.1) is 19.0 Å². The van der Waals surface area contributed by atoms with Crippen LogP contribution in [0.15, 0.2) is 67.0 Å². The van der Waals surface area contributed by atoms with E-state index in [2.05, 4.69) is 26.0 Å². The number of aromatic nitrogens is 4. The number of hydrogen-bond acceptors (Lipinski definition) is 10. The van der Waals surface area contributed by atoms with Crippen molar-refractivity contribution in [1.82, 2.24) is 24.6 Å². The van der Waals surface area contributed by atoms with Crippen molar-refractivity contribution >= 4 is 30.7 Å². The number of nitrogens with two attached hydrogens (primary N) is 1. The summed E-state index contributed by atoms with van der Waals surface area (Å²) in [6.45, 7) is 3.01. The van der Waals surface area contributed by atoms with Crippen molar-refractivity contribution in [2.45, 2.75) is 50.7 Å². The molecule has 1 aliphatic heterocycles. The van der Waals surface area contributed by atoms with E-state index in [1.807, 2.05) is 30.3 Å². The smallest absolute Gasteiger partial charge is 0.459 e. The lowest BCUT2D eigenvalue weighted by molar-refractivity contribution is -0.149. The number of carbonyl (C=O) groups excluding carboxylic acids is 1. The normalized spacial score (nSPS) is 20.2. The molecule has 0 spiro atoms. The van der Waals surface area contributed by atoms with E-state index in [1.165, 1.54) is 10.9 Å². The van der Waals surface area contributed by atoms with Crippen LogP contribution in [-0.4, -0.2) is 49.8 Å². The minimum atomic E-state index is -4.32. The van der Waals surface area contributed by atoms with Crippen LogP contribution in [0.5, 0.6) is 5.75 Å². The first-order valence-electron chi connectivity index (χ1n) is 13.8. The molecule has 4 atom stereocenters. The maximum Gasteiger partial charge on any atom is 0.459 e. The molecule has 4 aromatic rings. The highest BCUT2D eigenvalue weighted by molar-refractivity contribution is 7.52. The van der Waals surface area contributed by atoms with Gasteiger partial charge in [0.15, 0.2) is 22.6 Å². The van der Waals surface area contributed by atoms with E-state index in [0.717, 1.165) is 5.56 Å². The molecule has 3 N–H and O–H groups in total. The van der Waals surface area contributed by atoms with Crippen LogP contribution >= 0.6 is 7.75 Å². The zero-order valence-electron chi connectivity index (χ0n) is 24.0. The van der Waals surface area contributed by atoms with Gasteiger partial charge in [0.25, 0.3) is 0 Å². The second-order valence-electron chi connectivity index (χ2n) is 10.3. The summed E-state index contributed by atoms with van der Waals surface area (Å²) in [6, 6.07) is 16.4. The van der Waals surface area contributed by atoms with E-state index in [9.17, 15) is 13.8 Å². The van der Waals surface area contributed by atoms with Crippen molar-refractivity contribution in [3.8, 4) is 18.1 Å². The topological polar surface area (TPSA) is 153 Å². The van der Waals surface area contributed by atoms with Gasteiger partial charge < -0.3 is 19.7 Å². The van der Waals surface area contributed by atoms with Gasteiger partial charge in [0, 0.05) is 6.42 Å². The average Bonchev–Trinajstić information content (AvgIpc) is 3.62. The molecule has 1 saturated heterocycles. The molecule has 0 bridgehead atoms. The molecule has 0 amide bonds. The Bertz CT molecular complexity index is 1700. The Morgan fingerprint density at radius 2 is 1.93 bits per heavy atom. The molecule has 3 heterocycles. The van der Waals surface area contributed by atoms with E-state index >= 15 is 0 Å². The van der Waals surface area contributed by atoms with Crippen molar-refractivity contribution in [2.24, 2.45) is 0 Å². The number of anilines is 1. The molecule has 0 unspecified atom stereocenters. The number of para-hydroxylation sites is 1. The Balaban J connectivity index is 1.39. The highest BCUT2D eigenvalue weighted by atomic mass is 31.2. The first-order valence-corrected chi connectivity index (χ1v) is 15.3. The molecule has 14 heteroatoms. The molecule has 2 aromatic heterocycles. The van der Waals surface area contributed by atoms with Crippen LogP contribution < -0.4 is 15.3 Å². The predicted octanol–water partition coefficient (Wildman–Crippen LogP) is 4.40. The molecule has 1 fully saturated rings. The second kappa shape index (κ2) is 13.1. The summed E-state index contributed by atoms with van der Waals surface area (Å²) in [4.78, 5) is 24.6. The number of benzene rings is 2. The monoisotopic (exact) mass is 621 g/mol. The van der Waals surface area contributed by atoms with Gasteiger partial charge in [-0.3, -0.25) is 13.9 Å². The maximum absolute atomic E-state index is 14.4. The number of carbonyl (C=O) groups is 1. The highest BCUT2D eigenvalue weighted by Crippen LogP contribution is 2.48. The maximum atomic E-state index is 14.4. The Morgan fingerprint density at radius 1 is 1.23 bits per heavy atom. The largest absolute Gasteiger partial charge is 0.462 e. The Hall–Kier alpha value is -4.34. The van der Waals surface area contributed by atoms with Crippen LogP contribution in [-0.2, 0) is 29.8 Å². The summed E-state index contributed by atoms with van der Waals surface area (Å²) < 4.78 is 53.1. The van der Waals surface area contributed by atoms with Crippen LogP contribution in [0.3, 0.4) is 0 Å². The number of nitrogens with zero attached hydrogens (tertiary/aromatic N) is 4. The molecule has 229 valence electrons. The molecule has 12 nitrogen and oxygen atoms in total. The fourth-order valence-electron chi connectivity index (χ4n) is 4.58. The van der Waals surface area contributed by atoms with Gasteiger partial charge in [-0.2, -0.15) is 19.4 Å². The highest BCUT2D eigenvalue weighted by Gasteiger charge is 2.44. The summed E-state index contributed by atoms with van der Waals surface area (Å²) >= 11 is 0. The summed E-state index contributed by atoms with van der Waals surface area (Å²) in [6.07, 6.45) is 7.13. The summed E-state index contributed by atoms with van der Waals surface area (Å²) in [5.41, 5.74) is 5.42. The van der Waals surface area contributed by atoms with Crippen molar-refractivity contribution in [3.05, 3.63) is 85.1 Å². The van der Waals surface area contributed by atoms with Gasteiger partial charge in [0.2, 0.25) is 0 Å². The Labute approximate surface area is 253 Å². The fourth-order valence-corrected chi connectivity index (χ4v) is 6.10. The minimum absolute atomic E-state index is 0.120. The molecular weight excluding hydrogens is 590 g/mol. The molecule has 0 aliphatic carbocycles. The minimum Gasteiger partial charge on any atom is -0.462 e. The third-order valence-corrected chi connectivity index (χ3v) is 8.17. The predicted molar refractivity (Wildman–Crippen MR) is 159 cm³/mol. The molecule has 1 aliphatic rings. The first-order chi connectivity index (χ1) is 21.1. The van der Waals surface area contributed by atoms with Gasteiger partial charge in [-0.1, -0.05) is 54.5 Å². The van der Waals surface area contributed by atoms with E-state index in [0.29, 0.717) is 0 Å². The SMILES string of the molecule is C#C[C@@]1(CO[P@@](=O)(N[C@@H](Cc2ccccc2)C(=O)OC(C)C)Oc2ccccc2)[CH]C[C@H](n2cnc3c(N)nc(F)nc32)O1. The van der Waals surface area contributed by atoms with Gasteiger partial charge >= 0.3 is 19.8 Å². The van der Waals surface area contributed by atoms with Crippen LogP contribution in [0, 0.1) is 24.8 Å². The lowest BCUT2D eigenvalue weighted by atomic mass is 10.0. The van der Waals surface area contributed by atoms with Crippen molar-refractivity contribution < 1.29 is 32.3 Å². The van der Waals surface area contributed by atoms with E-state index in [1.54, 1.807) is 50.6 Å². The Kier molecular flexibility index (Phi) is 9.27. The quantitative estimate of drug-likeness (QED) is 0.100. The van der Waals surface area contributed by atoms with Crippen LogP contribution in [0.25, 0.3) is 11.2 Å². The molecule has 0 saturated carbocycles. The summed E-state index contributed by atoms with van der Waals surface area (Å²) in [7, 11) is -4.32. The number of nitrogen functional groups attached to an aromatic ring is 1. The number of nitrogens with one attached hydrogen (secondary N) is 1. The van der Waals surface area contributed by atoms with E-state index in [-0.39, 0.29) is 35.6 Å². The summed E-state index contributed by atoms with van der Waals surface area (Å²) in [5.74, 6) is 2.03. The molecule has 5 rings (SSSR count). The van der Waals surface area contributed by atoms with Gasteiger partial charge in [-0.15, -0.1) is 6.42 Å². The fraction of sp³-hybridized carbons (Fsp3) is 0.300. The first kappa shape index (κ1) is 31.1. The number of ether oxygens (including phenoxy) is 2. The lowest BCUT2D eigenvalue weighted by Gasteiger charge is -2.29.